The maximum atomic E-state index is 12.5. The zero-order valence-electron chi connectivity index (χ0n) is 10.9. The summed E-state index contributed by atoms with van der Waals surface area (Å²) < 4.78 is 0.378. The monoisotopic (exact) mass is 366 g/mol. The van der Waals surface area contributed by atoms with Crippen molar-refractivity contribution in [3.05, 3.63) is 60.2 Å². The van der Waals surface area contributed by atoms with E-state index in [-0.39, 0.29) is 11.6 Å². The lowest BCUT2D eigenvalue weighted by Gasteiger charge is -2.27. The topological polar surface area (TPSA) is 63.4 Å². The second kappa shape index (κ2) is 5.57. The van der Waals surface area contributed by atoms with E-state index < -0.39 is 4.92 Å². The third-order valence-corrected chi connectivity index (χ3v) is 5.18. The molecule has 0 aliphatic carbocycles. The molecule has 3 rings (SSSR count). The number of nitro benzene ring substituents is 1. The van der Waals surface area contributed by atoms with Gasteiger partial charge in [-0.15, -0.1) is 11.3 Å². The van der Waals surface area contributed by atoms with Crippen LogP contribution in [-0.4, -0.2) is 22.3 Å². The Labute approximate surface area is 133 Å². The number of nitro groups is 1. The quantitative estimate of drug-likeness (QED) is 0.602. The van der Waals surface area contributed by atoms with Crippen LogP contribution in [0.1, 0.15) is 20.8 Å². The summed E-state index contributed by atoms with van der Waals surface area (Å²) in [5, 5.41) is 13.0. The van der Waals surface area contributed by atoms with Gasteiger partial charge in [0.2, 0.25) is 0 Å². The molecule has 2 aromatic rings. The average Bonchev–Trinajstić information content (AvgIpc) is 2.94. The van der Waals surface area contributed by atoms with Crippen LogP contribution in [0.4, 0.5) is 5.69 Å². The summed E-state index contributed by atoms with van der Waals surface area (Å²) in [5.74, 6) is -0.164. The third-order valence-electron chi connectivity index (χ3n) is 3.48. The number of thiophene rings is 1. The SMILES string of the molecule is O=C(c1ccc(Br)c([N+](=O)[O-])c1)N1CCc2sccc2C1. The minimum absolute atomic E-state index is 0.0888. The van der Waals surface area contributed by atoms with E-state index in [4.69, 9.17) is 0 Å². The molecule has 0 bridgehead atoms. The van der Waals surface area contributed by atoms with Crippen molar-refractivity contribution in [2.24, 2.45) is 0 Å². The van der Waals surface area contributed by atoms with E-state index >= 15 is 0 Å². The number of amides is 1. The highest BCUT2D eigenvalue weighted by molar-refractivity contribution is 9.10. The van der Waals surface area contributed by atoms with Crippen LogP contribution in [0.2, 0.25) is 0 Å². The van der Waals surface area contributed by atoms with Crippen LogP contribution >= 0.6 is 27.3 Å². The molecule has 7 heteroatoms. The molecule has 0 radical (unpaired) electrons. The van der Waals surface area contributed by atoms with E-state index in [2.05, 4.69) is 15.9 Å². The lowest BCUT2D eigenvalue weighted by molar-refractivity contribution is -0.385. The number of nitrogens with zero attached hydrogens (tertiary/aromatic N) is 2. The minimum atomic E-state index is -0.492. The highest BCUT2D eigenvalue weighted by Gasteiger charge is 2.24. The molecule has 1 aromatic carbocycles. The van der Waals surface area contributed by atoms with Crippen molar-refractivity contribution in [2.75, 3.05) is 6.54 Å². The lowest BCUT2D eigenvalue weighted by Crippen LogP contribution is -2.35. The van der Waals surface area contributed by atoms with Crippen molar-refractivity contribution >= 4 is 38.9 Å². The highest BCUT2D eigenvalue weighted by Crippen LogP contribution is 2.28. The molecular weight excluding hydrogens is 356 g/mol. The fourth-order valence-electron chi connectivity index (χ4n) is 2.39. The number of hydrogen-bond acceptors (Lipinski definition) is 4. The first-order chi connectivity index (χ1) is 10.1. The fraction of sp³-hybridized carbons (Fsp3) is 0.214. The largest absolute Gasteiger partial charge is 0.334 e. The van der Waals surface area contributed by atoms with E-state index in [1.54, 1.807) is 28.4 Å². The fourth-order valence-corrected chi connectivity index (χ4v) is 3.67. The van der Waals surface area contributed by atoms with E-state index in [9.17, 15) is 14.9 Å². The third kappa shape index (κ3) is 2.71. The second-order valence-electron chi connectivity index (χ2n) is 4.77. The van der Waals surface area contributed by atoms with Gasteiger partial charge in [-0.25, -0.2) is 0 Å². The zero-order chi connectivity index (χ0) is 15.0. The minimum Gasteiger partial charge on any atom is -0.334 e. The standard InChI is InChI=1S/C14H11BrN2O3S/c15-11-2-1-9(7-12(11)17(19)20)14(18)16-5-3-13-10(8-16)4-6-21-13/h1-2,4,6-7H,3,5,8H2. The number of rotatable bonds is 2. The molecule has 0 saturated carbocycles. The van der Waals surface area contributed by atoms with Gasteiger partial charge in [0.1, 0.15) is 0 Å². The summed E-state index contributed by atoms with van der Waals surface area (Å²) in [5.41, 5.74) is 1.43. The molecule has 5 nitrogen and oxygen atoms in total. The number of halogens is 1. The molecule has 0 atom stereocenters. The van der Waals surface area contributed by atoms with E-state index in [0.29, 0.717) is 23.1 Å². The second-order valence-corrected chi connectivity index (χ2v) is 6.62. The predicted molar refractivity (Wildman–Crippen MR) is 83.6 cm³/mol. The molecule has 0 saturated heterocycles. The van der Waals surface area contributed by atoms with Crippen molar-refractivity contribution in [3.63, 3.8) is 0 Å². The van der Waals surface area contributed by atoms with Crippen LogP contribution in [0.3, 0.4) is 0 Å². The van der Waals surface area contributed by atoms with Crippen molar-refractivity contribution in [3.8, 4) is 0 Å². The van der Waals surface area contributed by atoms with Crippen molar-refractivity contribution in [2.45, 2.75) is 13.0 Å². The van der Waals surface area contributed by atoms with Gasteiger partial charge >= 0.3 is 0 Å². The van der Waals surface area contributed by atoms with Gasteiger partial charge in [0.15, 0.2) is 0 Å². The van der Waals surface area contributed by atoms with Gasteiger partial charge in [0.05, 0.1) is 9.40 Å². The summed E-state index contributed by atoms with van der Waals surface area (Å²) >= 11 is 4.84. The Balaban J connectivity index is 1.86. The van der Waals surface area contributed by atoms with Crippen LogP contribution in [-0.2, 0) is 13.0 Å². The summed E-state index contributed by atoms with van der Waals surface area (Å²) in [4.78, 5) is 26.0. The summed E-state index contributed by atoms with van der Waals surface area (Å²) in [7, 11) is 0. The van der Waals surface area contributed by atoms with E-state index in [1.165, 1.54) is 16.5 Å². The molecular formula is C14H11BrN2O3S. The molecule has 1 aromatic heterocycles. The summed E-state index contributed by atoms with van der Waals surface area (Å²) in [6, 6.07) is 6.52. The first-order valence-electron chi connectivity index (χ1n) is 6.34. The van der Waals surface area contributed by atoms with Crippen LogP contribution in [0, 0.1) is 10.1 Å². The van der Waals surface area contributed by atoms with Gasteiger partial charge in [0, 0.05) is 29.6 Å². The molecule has 1 aliphatic heterocycles. The number of hydrogen-bond donors (Lipinski definition) is 0. The van der Waals surface area contributed by atoms with Gasteiger partial charge in [-0.1, -0.05) is 0 Å². The smallest absolute Gasteiger partial charge is 0.284 e. The number of carbonyl (C=O) groups excluding carboxylic acids is 1. The first kappa shape index (κ1) is 14.2. The highest BCUT2D eigenvalue weighted by atomic mass is 79.9. The van der Waals surface area contributed by atoms with Crippen molar-refractivity contribution < 1.29 is 9.72 Å². The molecule has 0 spiro atoms. The summed E-state index contributed by atoms with van der Waals surface area (Å²) in [6.45, 7) is 1.22. The van der Waals surface area contributed by atoms with Gasteiger partial charge in [-0.3, -0.25) is 14.9 Å². The Bertz CT molecular complexity index is 729. The average molecular weight is 367 g/mol. The molecule has 108 valence electrons. The first-order valence-corrected chi connectivity index (χ1v) is 8.02. The molecule has 1 aliphatic rings. The number of benzene rings is 1. The van der Waals surface area contributed by atoms with Gasteiger partial charge in [0.25, 0.3) is 11.6 Å². The Morgan fingerprint density at radius 3 is 2.95 bits per heavy atom. The molecule has 1 amide bonds. The Morgan fingerprint density at radius 2 is 2.19 bits per heavy atom. The zero-order valence-corrected chi connectivity index (χ0v) is 13.3. The van der Waals surface area contributed by atoms with Crippen molar-refractivity contribution in [1.29, 1.82) is 0 Å². The molecule has 2 heterocycles. The summed E-state index contributed by atoms with van der Waals surface area (Å²) in [6.07, 6.45) is 0.845. The number of fused-ring (bicyclic) bond motifs is 1. The lowest BCUT2D eigenvalue weighted by atomic mass is 10.1. The Morgan fingerprint density at radius 1 is 1.38 bits per heavy atom. The Kier molecular flexibility index (Phi) is 3.77. The normalized spacial score (nSPS) is 13.9. The van der Waals surface area contributed by atoms with Crippen LogP contribution in [0.25, 0.3) is 0 Å². The van der Waals surface area contributed by atoms with Crippen LogP contribution < -0.4 is 0 Å². The molecule has 0 N–H and O–H groups in total. The van der Waals surface area contributed by atoms with E-state index in [0.717, 1.165) is 6.42 Å². The van der Waals surface area contributed by atoms with Gasteiger partial charge in [-0.2, -0.15) is 0 Å². The van der Waals surface area contributed by atoms with Gasteiger partial charge < -0.3 is 4.90 Å². The van der Waals surface area contributed by atoms with Crippen molar-refractivity contribution in [1.82, 2.24) is 4.90 Å². The van der Waals surface area contributed by atoms with Crippen LogP contribution in [0.5, 0.6) is 0 Å². The van der Waals surface area contributed by atoms with Gasteiger partial charge in [-0.05, 0) is 51.5 Å². The Hall–Kier alpha value is -1.73. The van der Waals surface area contributed by atoms with Crippen LogP contribution in [0.15, 0.2) is 34.1 Å². The van der Waals surface area contributed by atoms with E-state index in [1.807, 2.05) is 11.4 Å². The predicted octanol–water partition coefficient (Wildman–Crippen LogP) is 3.62. The number of carbonyl (C=O) groups is 1. The molecule has 0 fully saturated rings. The maximum absolute atomic E-state index is 12.5. The molecule has 0 unspecified atom stereocenters. The molecule has 21 heavy (non-hydrogen) atoms. The maximum Gasteiger partial charge on any atom is 0.284 e.